The highest BCUT2D eigenvalue weighted by atomic mass is 19.4. The topological polar surface area (TPSA) is 49.9 Å². The van der Waals surface area contributed by atoms with Gasteiger partial charge in [-0.2, -0.15) is 26.3 Å². The number of amides is 2. The van der Waals surface area contributed by atoms with Crippen molar-refractivity contribution in [1.82, 2.24) is 9.80 Å². The van der Waals surface area contributed by atoms with Crippen LogP contribution < -0.4 is 0 Å². The Morgan fingerprint density at radius 1 is 1.03 bits per heavy atom. The van der Waals surface area contributed by atoms with Gasteiger partial charge in [0.05, 0.1) is 0 Å². The van der Waals surface area contributed by atoms with Crippen LogP contribution >= 0.6 is 0 Å². The number of carbonyl (C=O) groups excluding carboxylic acids is 2. The fourth-order valence-corrected chi connectivity index (χ4v) is 3.88. The summed E-state index contributed by atoms with van der Waals surface area (Å²) in [6.45, 7) is 0.836. The average molecular weight is 522 g/mol. The molecule has 0 bridgehead atoms. The molecule has 0 unspecified atom stereocenters. The van der Waals surface area contributed by atoms with Crippen LogP contribution in [0, 0.1) is 17.5 Å². The van der Waals surface area contributed by atoms with Gasteiger partial charge in [0.2, 0.25) is 5.91 Å². The smallest absolute Gasteiger partial charge is 0.411 e. The van der Waals surface area contributed by atoms with Crippen molar-refractivity contribution in [3.8, 4) is 0 Å². The number of piperidine rings is 1. The summed E-state index contributed by atoms with van der Waals surface area (Å²) in [5, 5.41) is 0. The van der Waals surface area contributed by atoms with Crippen LogP contribution in [0.25, 0.3) is 0 Å². The van der Waals surface area contributed by atoms with Gasteiger partial charge in [0, 0.05) is 17.5 Å². The van der Waals surface area contributed by atoms with Crippen LogP contribution in [-0.4, -0.2) is 64.9 Å². The van der Waals surface area contributed by atoms with Crippen LogP contribution in [0.1, 0.15) is 45.6 Å². The lowest BCUT2D eigenvalue weighted by molar-refractivity contribution is -0.179. The highest BCUT2D eigenvalue weighted by Gasteiger charge is 2.51. The summed E-state index contributed by atoms with van der Waals surface area (Å²) in [4.78, 5) is 25.5. The first-order chi connectivity index (χ1) is 15.7. The molecule has 14 heteroatoms. The van der Waals surface area contributed by atoms with E-state index in [1.807, 2.05) is 0 Å². The Bertz CT molecular complexity index is 957. The van der Waals surface area contributed by atoms with Gasteiger partial charge < -0.3 is 9.64 Å². The quantitative estimate of drug-likeness (QED) is 0.386. The van der Waals surface area contributed by atoms with Gasteiger partial charge in [-0.05, 0) is 46.2 Å². The van der Waals surface area contributed by atoms with E-state index in [2.05, 4.69) is 0 Å². The summed E-state index contributed by atoms with van der Waals surface area (Å²) in [6, 6.07) is -2.93. The third-order valence-electron chi connectivity index (χ3n) is 5.27. The Balaban J connectivity index is 2.65. The van der Waals surface area contributed by atoms with Crippen molar-refractivity contribution in [2.45, 2.75) is 70.1 Å². The first-order valence-electron chi connectivity index (χ1n) is 10.3. The van der Waals surface area contributed by atoms with Gasteiger partial charge in [-0.15, -0.1) is 0 Å². The zero-order valence-electron chi connectivity index (χ0n) is 19.0. The monoisotopic (exact) mass is 522 g/mol. The minimum Gasteiger partial charge on any atom is -0.444 e. The Hall–Kier alpha value is -2.67. The predicted molar refractivity (Wildman–Crippen MR) is 104 cm³/mol. The highest BCUT2D eigenvalue weighted by Crippen LogP contribution is 2.40. The first kappa shape index (κ1) is 28.6. The van der Waals surface area contributed by atoms with Crippen LogP contribution in [0.2, 0.25) is 0 Å². The molecule has 0 saturated carbocycles. The number of nitrogens with zero attached hydrogens (tertiary/aromatic N) is 2. The molecule has 1 fully saturated rings. The molecule has 198 valence electrons. The van der Waals surface area contributed by atoms with Crippen molar-refractivity contribution < 1.29 is 53.8 Å². The molecule has 5 nitrogen and oxygen atoms in total. The molecule has 1 aliphatic rings. The number of alkyl halides is 6. The largest absolute Gasteiger partial charge is 0.444 e. The Morgan fingerprint density at radius 3 is 2.06 bits per heavy atom. The van der Waals surface area contributed by atoms with Gasteiger partial charge >= 0.3 is 18.4 Å². The van der Waals surface area contributed by atoms with Crippen molar-refractivity contribution in [3.63, 3.8) is 0 Å². The van der Waals surface area contributed by atoms with E-state index >= 15 is 0 Å². The molecule has 1 aliphatic heterocycles. The van der Waals surface area contributed by atoms with Crippen molar-refractivity contribution in [3.05, 3.63) is 35.1 Å². The highest BCUT2D eigenvalue weighted by molar-refractivity contribution is 5.87. The maximum Gasteiger partial charge on any atom is 0.411 e. The van der Waals surface area contributed by atoms with Gasteiger partial charge in [0.15, 0.2) is 11.6 Å². The maximum atomic E-state index is 14.5. The number of likely N-dealkylation sites (tertiary alicyclic amines) is 1. The van der Waals surface area contributed by atoms with Gasteiger partial charge in [0.1, 0.15) is 30.5 Å². The summed E-state index contributed by atoms with van der Waals surface area (Å²) in [5.41, 5.74) is -2.39. The molecule has 0 spiro atoms. The number of rotatable bonds is 4. The molecule has 2 amide bonds. The van der Waals surface area contributed by atoms with Crippen LogP contribution in [0.4, 0.5) is 44.3 Å². The Kier molecular flexibility index (Phi) is 7.97. The van der Waals surface area contributed by atoms with Crippen LogP contribution in [0.15, 0.2) is 12.1 Å². The van der Waals surface area contributed by atoms with E-state index in [0.29, 0.717) is 12.1 Å². The van der Waals surface area contributed by atoms with Crippen LogP contribution in [-0.2, 0) is 9.53 Å². The van der Waals surface area contributed by atoms with E-state index < -0.39 is 90.5 Å². The number of ether oxygens (including phenoxy) is 1. The molecule has 3 atom stereocenters. The number of halogens is 9. The van der Waals surface area contributed by atoms with E-state index in [0.717, 1.165) is 6.92 Å². The zero-order valence-corrected chi connectivity index (χ0v) is 19.0. The van der Waals surface area contributed by atoms with Crippen molar-refractivity contribution in [2.24, 2.45) is 0 Å². The molecule has 1 saturated heterocycles. The van der Waals surface area contributed by atoms with Crippen molar-refractivity contribution in [2.75, 3.05) is 13.1 Å². The molecule has 1 heterocycles. The summed E-state index contributed by atoms with van der Waals surface area (Å²) < 4.78 is 127. The lowest BCUT2D eigenvalue weighted by atomic mass is 9.80. The van der Waals surface area contributed by atoms with Gasteiger partial charge in [-0.25, -0.2) is 18.0 Å². The van der Waals surface area contributed by atoms with E-state index in [-0.39, 0.29) is 9.80 Å². The normalized spacial score (nSPS) is 21.8. The van der Waals surface area contributed by atoms with Gasteiger partial charge in [-0.3, -0.25) is 9.69 Å². The van der Waals surface area contributed by atoms with Crippen molar-refractivity contribution >= 4 is 12.0 Å². The molecular formula is C21H23F9N2O3. The summed E-state index contributed by atoms with van der Waals surface area (Å²) in [7, 11) is 0. The molecular weight excluding hydrogens is 499 g/mol. The molecule has 0 radical (unpaired) electrons. The minimum absolute atomic E-state index is 0.0797. The fraction of sp³-hybridized carbons (Fsp3) is 0.619. The second-order valence-electron chi connectivity index (χ2n) is 9.16. The molecule has 2 rings (SSSR count). The fourth-order valence-electron chi connectivity index (χ4n) is 3.88. The number of hydrogen-bond acceptors (Lipinski definition) is 3. The summed E-state index contributed by atoms with van der Waals surface area (Å²) >= 11 is 0. The molecule has 1 aromatic rings. The standard InChI is InChI=1S/C21H23F9N2O3/c1-10-11(15-12(22)5-6-13(23)16(15)24)7-14(17(33)31(10)8-20(25,26)27)32(9-21(28,29)30)18(34)35-19(2,3)4/h5-6,10-11,14H,7-9H2,1-4H3/t10-,11-,14-/m1/s1. The number of hydrogen-bond donors (Lipinski definition) is 0. The zero-order chi connectivity index (χ0) is 27.1. The second-order valence-corrected chi connectivity index (χ2v) is 9.16. The van der Waals surface area contributed by atoms with Crippen molar-refractivity contribution in [1.29, 1.82) is 0 Å². The molecule has 0 aliphatic carbocycles. The van der Waals surface area contributed by atoms with E-state index in [1.165, 1.54) is 20.8 Å². The molecule has 35 heavy (non-hydrogen) atoms. The Labute approximate surface area is 194 Å². The number of benzene rings is 1. The predicted octanol–water partition coefficient (Wildman–Crippen LogP) is 5.54. The van der Waals surface area contributed by atoms with E-state index in [1.54, 1.807) is 0 Å². The number of carbonyl (C=O) groups is 2. The third kappa shape index (κ3) is 7.17. The second kappa shape index (κ2) is 9.76. The lowest BCUT2D eigenvalue weighted by Crippen LogP contribution is -2.62. The van der Waals surface area contributed by atoms with E-state index in [4.69, 9.17) is 4.74 Å². The average Bonchev–Trinajstić information content (AvgIpc) is 2.65. The Morgan fingerprint density at radius 2 is 1.57 bits per heavy atom. The van der Waals surface area contributed by atoms with Crippen LogP contribution in [0.5, 0.6) is 0 Å². The minimum atomic E-state index is -5.11. The SMILES string of the molecule is C[C@@H]1[C@H](c2c(F)ccc(F)c2F)C[C@@H](N(CC(F)(F)F)C(=O)OC(C)(C)C)C(=O)N1CC(F)(F)F. The summed E-state index contributed by atoms with van der Waals surface area (Å²) in [6.07, 6.45) is -12.7. The van der Waals surface area contributed by atoms with E-state index in [9.17, 15) is 49.1 Å². The molecule has 0 aromatic heterocycles. The first-order valence-corrected chi connectivity index (χ1v) is 10.3. The van der Waals surface area contributed by atoms with Gasteiger partial charge in [-0.1, -0.05) is 0 Å². The summed E-state index contributed by atoms with van der Waals surface area (Å²) in [5.74, 6) is -7.95. The van der Waals surface area contributed by atoms with Crippen LogP contribution in [0.3, 0.4) is 0 Å². The third-order valence-corrected chi connectivity index (χ3v) is 5.27. The maximum absolute atomic E-state index is 14.5. The molecule has 0 N–H and O–H groups in total. The molecule has 1 aromatic carbocycles. The lowest BCUT2D eigenvalue weighted by Gasteiger charge is -2.46. The van der Waals surface area contributed by atoms with Gasteiger partial charge in [0.25, 0.3) is 0 Å².